The van der Waals surface area contributed by atoms with Gasteiger partial charge in [0, 0.05) is 24.6 Å². The summed E-state index contributed by atoms with van der Waals surface area (Å²) in [7, 11) is 0. The van der Waals surface area contributed by atoms with Gasteiger partial charge >= 0.3 is 0 Å². The highest BCUT2D eigenvalue weighted by Gasteiger charge is 2.47. The van der Waals surface area contributed by atoms with E-state index in [9.17, 15) is 14.4 Å². The third-order valence-electron chi connectivity index (χ3n) is 7.82. The first kappa shape index (κ1) is 23.5. The quantitative estimate of drug-likeness (QED) is 0.581. The standard InChI is InChI=1S/C26H32N4O5/c1-15-3-4-17(11-15)12-22(28-23(31)19-14-35-30-16(19)2)24(32)27-18-5-6-20-21(13-18)29-25(33)26(20)7-9-34-10-8-26/h5-6,13-15,17,22H,3-4,7-12H2,1-2H3,(H,27,32)(H,28,31)(H,29,33). The molecule has 0 radical (unpaired) electrons. The smallest absolute Gasteiger partial charge is 0.257 e. The highest BCUT2D eigenvalue weighted by atomic mass is 16.5. The number of benzene rings is 1. The number of anilines is 2. The van der Waals surface area contributed by atoms with Gasteiger partial charge in [0.05, 0.1) is 11.1 Å². The van der Waals surface area contributed by atoms with E-state index >= 15 is 0 Å². The summed E-state index contributed by atoms with van der Waals surface area (Å²) in [4.78, 5) is 39.0. The highest BCUT2D eigenvalue weighted by Crippen LogP contribution is 2.45. The zero-order chi connectivity index (χ0) is 24.6. The maximum atomic E-state index is 13.4. The number of rotatable bonds is 6. The van der Waals surface area contributed by atoms with Gasteiger partial charge in [0.1, 0.15) is 17.9 Å². The lowest BCUT2D eigenvalue weighted by molar-refractivity contribution is -0.124. The molecule has 3 amide bonds. The second-order valence-corrected chi connectivity index (χ2v) is 10.3. The van der Waals surface area contributed by atoms with Crippen LogP contribution in [0.25, 0.3) is 0 Å². The number of hydrogen-bond acceptors (Lipinski definition) is 6. The lowest BCUT2D eigenvalue weighted by atomic mass is 9.75. The van der Waals surface area contributed by atoms with E-state index in [1.54, 1.807) is 13.0 Å². The monoisotopic (exact) mass is 480 g/mol. The maximum Gasteiger partial charge on any atom is 0.257 e. The average Bonchev–Trinajstić information content (AvgIpc) is 3.52. The summed E-state index contributed by atoms with van der Waals surface area (Å²) in [5.74, 6) is 0.327. The molecule has 3 unspecified atom stereocenters. The molecule has 1 aromatic carbocycles. The number of nitrogens with zero attached hydrogens (tertiary/aromatic N) is 1. The lowest BCUT2D eigenvalue weighted by Gasteiger charge is -2.31. The first-order valence-electron chi connectivity index (χ1n) is 12.4. The molecule has 35 heavy (non-hydrogen) atoms. The zero-order valence-corrected chi connectivity index (χ0v) is 20.2. The van der Waals surface area contributed by atoms with Crippen molar-refractivity contribution in [3.8, 4) is 0 Å². The molecular formula is C26H32N4O5. The Morgan fingerprint density at radius 3 is 2.74 bits per heavy atom. The van der Waals surface area contributed by atoms with E-state index in [1.807, 2.05) is 12.1 Å². The van der Waals surface area contributed by atoms with Gasteiger partial charge in [0.2, 0.25) is 11.8 Å². The second kappa shape index (κ2) is 9.45. The molecule has 3 aliphatic rings. The van der Waals surface area contributed by atoms with Crippen LogP contribution in [0.15, 0.2) is 29.0 Å². The molecule has 2 aromatic rings. The summed E-state index contributed by atoms with van der Waals surface area (Å²) in [5, 5.41) is 12.6. The predicted octanol–water partition coefficient (Wildman–Crippen LogP) is 3.55. The van der Waals surface area contributed by atoms with Gasteiger partial charge in [-0.1, -0.05) is 31.0 Å². The van der Waals surface area contributed by atoms with E-state index in [-0.39, 0.29) is 17.7 Å². The van der Waals surface area contributed by atoms with Gasteiger partial charge in [0.25, 0.3) is 5.91 Å². The third-order valence-corrected chi connectivity index (χ3v) is 7.82. The van der Waals surface area contributed by atoms with Crippen molar-refractivity contribution in [3.63, 3.8) is 0 Å². The molecule has 0 bridgehead atoms. The lowest BCUT2D eigenvalue weighted by Crippen LogP contribution is -2.45. The summed E-state index contributed by atoms with van der Waals surface area (Å²) in [5.41, 5.74) is 2.51. The minimum atomic E-state index is -0.697. The van der Waals surface area contributed by atoms with Crippen LogP contribution in [0.4, 0.5) is 11.4 Å². The molecule has 9 heteroatoms. The molecule has 5 rings (SSSR count). The Hall–Kier alpha value is -3.20. The summed E-state index contributed by atoms with van der Waals surface area (Å²) in [6.07, 6.45) is 6.38. The highest BCUT2D eigenvalue weighted by molar-refractivity contribution is 6.07. The van der Waals surface area contributed by atoms with Crippen LogP contribution >= 0.6 is 0 Å². The van der Waals surface area contributed by atoms with Crippen molar-refractivity contribution < 1.29 is 23.6 Å². The van der Waals surface area contributed by atoms with Gasteiger partial charge in [0.15, 0.2) is 0 Å². The fraction of sp³-hybridized carbons (Fsp3) is 0.538. The molecule has 1 spiro atoms. The Morgan fingerprint density at radius 2 is 2.06 bits per heavy atom. The topological polar surface area (TPSA) is 123 Å². The van der Waals surface area contributed by atoms with E-state index in [2.05, 4.69) is 28.0 Å². The van der Waals surface area contributed by atoms with Crippen LogP contribution in [0.2, 0.25) is 0 Å². The minimum absolute atomic E-state index is 0.0103. The summed E-state index contributed by atoms with van der Waals surface area (Å²) < 4.78 is 10.4. The number of ether oxygens (including phenoxy) is 1. The second-order valence-electron chi connectivity index (χ2n) is 10.3. The van der Waals surface area contributed by atoms with Gasteiger partial charge in [-0.2, -0.15) is 0 Å². The van der Waals surface area contributed by atoms with Gasteiger partial charge in [-0.15, -0.1) is 0 Å². The Kier molecular flexibility index (Phi) is 6.35. The van der Waals surface area contributed by atoms with Crippen LogP contribution in [0.3, 0.4) is 0 Å². The van der Waals surface area contributed by atoms with Crippen LogP contribution in [0.1, 0.15) is 67.1 Å². The van der Waals surface area contributed by atoms with E-state index < -0.39 is 11.5 Å². The molecule has 1 aromatic heterocycles. The number of hydrogen-bond donors (Lipinski definition) is 3. The number of aryl methyl sites for hydroxylation is 1. The number of carbonyl (C=O) groups excluding carboxylic acids is 3. The molecule has 2 fully saturated rings. The molecular weight excluding hydrogens is 448 g/mol. The van der Waals surface area contributed by atoms with Crippen LogP contribution in [0.5, 0.6) is 0 Å². The first-order chi connectivity index (χ1) is 16.9. The van der Waals surface area contributed by atoms with Crippen LogP contribution < -0.4 is 16.0 Å². The van der Waals surface area contributed by atoms with Crippen molar-refractivity contribution >= 4 is 29.1 Å². The number of nitrogens with one attached hydrogen (secondary N) is 3. The largest absolute Gasteiger partial charge is 0.381 e. The van der Waals surface area contributed by atoms with Crippen molar-refractivity contribution in [3.05, 3.63) is 41.3 Å². The number of amides is 3. The van der Waals surface area contributed by atoms with Gasteiger partial charge in [-0.3, -0.25) is 14.4 Å². The Bertz CT molecular complexity index is 1140. The molecule has 3 heterocycles. The van der Waals surface area contributed by atoms with E-state index in [4.69, 9.17) is 9.26 Å². The van der Waals surface area contributed by atoms with Crippen molar-refractivity contribution in [2.45, 2.75) is 63.8 Å². The van der Waals surface area contributed by atoms with E-state index in [0.29, 0.717) is 61.3 Å². The Morgan fingerprint density at radius 1 is 1.26 bits per heavy atom. The van der Waals surface area contributed by atoms with Crippen LogP contribution in [-0.4, -0.2) is 42.1 Å². The zero-order valence-electron chi connectivity index (χ0n) is 20.2. The van der Waals surface area contributed by atoms with Crippen LogP contribution in [0, 0.1) is 18.8 Å². The molecule has 186 valence electrons. The van der Waals surface area contributed by atoms with Crippen LogP contribution in [-0.2, 0) is 19.7 Å². The predicted molar refractivity (Wildman–Crippen MR) is 129 cm³/mol. The number of carbonyl (C=O) groups is 3. The van der Waals surface area contributed by atoms with Crippen molar-refractivity contribution in [2.75, 3.05) is 23.8 Å². The van der Waals surface area contributed by atoms with Crippen molar-refractivity contribution in [2.24, 2.45) is 11.8 Å². The van der Waals surface area contributed by atoms with Gasteiger partial charge in [-0.25, -0.2) is 0 Å². The normalized spacial score (nSPS) is 23.5. The van der Waals surface area contributed by atoms with Gasteiger partial charge in [-0.05, 0) is 62.1 Å². The fourth-order valence-electron chi connectivity index (χ4n) is 5.80. The third kappa shape index (κ3) is 4.57. The molecule has 3 N–H and O–H groups in total. The SMILES string of the molecule is Cc1nocc1C(=O)NC(CC1CCC(C)C1)C(=O)Nc1ccc2c(c1)NC(=O)C21CCOCC1. The van der Waals surface area contributed by atoms with Gasteiger partial charge < -0.3 is 25.2 Å². The Balaban J connectivity index is 1.33. The van der Waals surface area contributed by atoms with E-state index in [1.165, 1.54) is 6.26 Å². The summed E-state index contributed by atoms with van der Waals surface area (Å²) in [6.45, 7) is 5.02. The van der Waals surface area contributed by atoms with E-state index in [0.717, 1.165) is 30.5 Å². The molecule has 1 saturated carbocycles. The number of fused-ring (bicyclic) bond motifs is 2. The minimum Gasteiger partial charge on any atom is -0.381 e. The average molecular weight is 481 g/mol. The molecule has 9 nitrogen and oxygen atoms in total. The molecule has 1 aliphatic carbocycles. The summed E-state index contributed by atoms with van der Waals surface area (Å²) >= 11 is 0. The first-order valence-corrected chi connectivity index (χ1v) is 12.4. The molecule has 3 atom stereocenters. The van der Waals surface area contributed by atoms with Crippen molar-refractivity contribution in [1.82, 2.24) is 10.5 Å². The fourth-order valence-corrected chi connectivity index (χ4v) is 5.80. The molecule has 2 aliphatic heterocycles. The molecule has 1 saturated heterocycles. The summed E-state index contributed by atoms with van der Waals surface area (Å²) in [6, 6.07) is 4.85. The Labute approximate surface area is 204 Å². The number of aromatic nitrogens is 1. The van der Waals surface area contributed by atoms with Crippen molar-refractivity contribution in [1.29, 1.82) is 0 Å². The maximum absolute atomic E-state index is 13.4.